The molecule has 1 N–H and O–H groups in total. The average Bonchev–Trinajstić information content (AvgIpc) is 2.61. The molecule has 1 aliphatic heterocycles. The second-order valence-electron chi connectivity index (χ2n) is 3.33. The first kappa shape index (κ1) is 9.88. The van der Waals surface area contributed by atoms with Crippen LogP contribution in [0.2, 0.25) is 0 Å². The van der Waals surface area contributed by atoms with Gasteiger partial charge in [0.1, 0.15) is 24.2 Å². The van der Waals surface area contributed by atoms with Crippen molar-refractivity contribution in [2.24, 2.45) is 0 Å². The van der Waals surface area contributed by atoms with Crippen molar-refractivity contribution in [1.29, 1.82) is 0 Å². The summed E-state index contributed by atoms with van der Waals surface area (Å²) in [5.41, 5.74) is 0.819. The number of benzene rings is 1. The van der Waals surface area contributed by atoms with Crippen molar-refractivity contribution in [2.75, 3.05) is 13.2 Å². The molecule has 1 unspecified atom stereocenters. The molecule has 1 heterocycles. The first-order chi connectivity index (χ1) is 7.31. The largest absolute Gasteiger partial charge is 0.492 e. The molecule has 0 spiro atoms. The van der Waals surface area contributed by atoms with Gasteiger partial charge >= 0.3 is 0 Å². The molecule has 0 bridgehead atoms. The lowest BCUT2D eigenvalue weighted by Crippen LogP contribution is -1.97. The van der Waals surface area contributed by atoms with Crippen molar-refractivity contribution in [3.8, 4) is 23.8 Å². The highest BCUT2D eigenvalue weighted by molar-refractivity contribution is 5.44. The smallest absolute Gasteiger partial charge is 0.129 e. The molecule has 1 aromatic rings. The van der Waals surface area contributed by atoms with Gasteiger partial charge < -0.3 is 14.6 Å². The van der Waals surface area contributed by atoms with Gasteiger partial charge in [-0.2, -0.15) is 0 Å². The van der Waals surface area contributed by atoms with Gasteiger partial charge in [0.2, 0.25) is 0 Å². The minimum absolute atomic E-state index is 0.323. The minimum Gasteiger partial charge on any atom is -0.492 e. The number of aliphatic hydroxyl groups excluding tert-OH is 1. The molecular weight excluding hydrogens is 192 g/mol. The zero-order chi connectivity index (χ0) is 10.7. The highest BCUT2D eigenvalue weighted by Gasteiger charge is 2.21. The molecule has 3 heteroatoms. The van der Waals surface area contributed by atoms with Gasteiger partial charge in [-0.1, -0.05) is 0 Å². The standard InChI is InChI=1S/C12H12O3/c1-2-3-6-14-9-4-5-10-11(13)8-15-12(10)7-9/h1,4-5,7,11,13H,3,6,8H2. The molecule has 0 aromatic heterocycles. The van der Waals surface area contributed by atoms with Gasteiger partial charge in [-0.15, -0.1) is 12.3 Å². The fourth-order valence-electron chi connectivity index (χ4n) is 1.49. The van der Waals surface area contributed by atoms with E-state index in [1.54, 1.807) is 6.07 Å². The van der Waals surface area contributed by atoms with E-state index in [9.17, 15) is 5.11 Å². The summed E-state index contributed by atoms with van der Waals surface area (Å²) in [4.78, 5) is 0. The van der Waals surface area contributed by atoms with Gasteiger partial charge in [0.15, 0.2) is 0 Å². The Balaban J connectivity index is 2.07. The van der Waals surface area contributed by atoms with Crippen LogP contribution >= 0.6 is 0 Å². The number of fused-ring (bicyclic) bond motifs is 1. The Hall–Kier alpha value is -1.66. The Bertz CT molecular complexity index is 392. The monoisotopic (exact) mass is 204 g/mol. The molecule has 0 saturated heterocycles. The van der Waals surface area contributed by atoms with Gasteiger partial charge in [0, 0.05) is 18.1 Å². The first-order valence-corrected chi connectivity index (χ1v) is 4.82. The van der Waals surface area contributed by atoms with E-state index < -0.39 is 6.10 Å². The minimum atomic E-state index is -0.514. The molecule has 0 fully saturated rings. The molecule has 0 saturated carbocycles. The summed E-state index contributed by atoms with van der Waals surface area (Å²) in [6.07, 6.45) is 5.18. The summed E-state index contributed by atoms with van der Waals surface area (Å²) >= 11 is 0. The van der Waals surface area contributed by atoms with E-state index in [1.807, 2.05) is 12.1 Å². The zero-order valence-electron chi connectivity index (χ0n) is 8.27. The second-order valence-corrected chi connectivity index (χ2v) is 3.33. The van der Waals surface area contributed by atoms with E-state index in [1.165, 1.54) is 0 Å². The van der Waals surface area contributed by atoms with Crippen molar-refractivity contribution in [1.82, 2.24) is 0 Å². The molecule has 1 atom stereocenters. The van der Waals surface area contributed by atoms with Crippen molar-refractivity contribution in [3.63, 3.8) is 0 Å². The lowest BCUT2D eigenvalue weighted by Gasteiger charge is -2.06. The molecular formula is C12H12O3. The highest BCUT2D eigenvalue weighted by Crippen LogP contribution is 2.34. The predicted octanol–water partition coefficient (Wildman–Crippen LogP) is 1.51. The number of hydrogen-bond donors (Lipinski definition) is 1. The molecule has 0 aliphatic carbocycles. The van der Waals surface area contributed by atoms with Crippen LogP contribution in [0.5, 0.6) is 11.5 Å². The molecule has 3 nitrogen and oxygen atoms in total. The quantitative estimate of drug-likeness (QED) is 0.599. The molecule has 2 rings (SSSR count). The SMILES string of the molecule is C#CCCOc1ccc2c(c1)OCC2O. The summed E-state index contributed by atoms with van der Waals surface area (Å²) in [6.45, 7) is 0.820. The fraction of sp³-hybridized carbons (Fsp3) is 0.333. The van der Waals surface area contributed by atoms with Gasteiger partial charge in [-0.3, -0.25) is 0 Å². The van der Waals surface area contributed by atoms with Crippen molar-refractivity contribution in [2.45, 2.75) is 12.5 Å². The summed E-state index contributed by atoms with van der Waals surface area (Å²) in [6, 6.07) is 5.41. The average molecular weight is 204 g/mol. The lowest BCUT2D eigenvalue weighted by molar-refractivity contribution is 0.140. The number of aliphatic hydroxyl groups is 1. The third kappa shape index (κ3) is 2.05. The molecule has 15 heavy (non-hydrogen) atoms. The molecule has 1 aliphatic rings. The number of rotatable bonds is 3. The van der Waals surface area contributed by atoms with E-state index in [2.05, 4.69) is 5.92 Å². The zero-order valence-corrected chi connectivity index (χ0v) is 8.27. The maximum Gasteiger partial charge on any atom is 0.129 e. The van der Waals surface area contributed by atoms with E-state index in [0.29, 0.717) is 25.4 Å². The van der Waals surface area contributed by atoms with Crippen molar-refractivity contribution >= 4 is 0 Å². The summed E-state index contributed by atoms with van der Waals surface area (Å²) in [5, 5.41) is 9.49. The first-order valence-electron chi connectivity index (χ1n) is 4.82. The Morgan fingerprint density at radius 3 is 3.27 bits per heavy atom. The Kier molecular flexibility index (Phi) is 2.79. The Morgan fingerprint density at radius 1 is 1.60 bits per heavy atom. The molecule has 0 amide bonds. The van der Waals surface area contributed by atoms with Crippen molar-refractivity contribution < 1.29 is 14.6 Å². The van der Waals surface area contributed by atoms with Crippen LogP contribution in [0.4, 0.5) is 0 Å². The molecule has 0 radical (unpaired) electrons. The van der Waals surface area contributed by atoms with Crippen LogP contribution in [0.3, 0.4) is 0 Å². The maximum absolute atomic E-state index is 9.49. The summed E-state index contributed by atoms with van der Waals surface area (Å²) in [5.74, 6) is 3.92. The summed E-state index contributed by atoms with van der Waals surface area (Å²) in [7, 11) is 0. The van der Waals surface area contributed by atoms with Gasteiger partial charge in [-0.05, 0) is 12.1 Å². The summed E-state index contributed by atoms with van der Waals surface area (Å²) < 4.78 is 10.7. The van der Waals surface area contributed by atoms with Gasteiger partial charge in [-0.25, -0.2) is 0 Å². The van der Waals surface area contributed by atoms with Gasteiger partial charge in [0.25, 0.3) is 0 Å². The number of terminal acetylenes is 1. The van der Waals surface area contributed by atoms with Crippen LogP contribution in [0.25, 0.3) is 0 Å². The van der Waals surface area contributed by atoms with E-state index >= 15 is 0 Å². The Labute approximate surface area is 88.6 Å². The van der Waals surface area contributed by atoms with E-state index in [-0.39, 0.29) is 0 Å². The topological polar surface area (TPSA) is 38.7 Å². The normalized spacial score (nSPS) is 17.7. The van der Waals surface area contributed by atoms with Crippen LogP contribution in [0.1, 0.15) is 18.1 Å². The van der Waals surface area contributed by atoms with Gasteiger partial charge in [0.05, 0.1) is 6.61 Å². The number of ether oxygens (including phenoxy) is 2. The molecule has 78 valence electrons. The second kappa shape index (κ2) is 4.24. The predicted molar refractivity (Wildman–Crippen MR) is 55.8 cm³/mol. The fourth-order valence-corrected chi connectivity index (χ4v) is 1.49. The molecule has 1 aromatic carbocycles. The third-order valence-electron chi connectivity index (χ3n) is 2.26. The third-order valence-corrected chi connectivity index (χ3v) is 2.26. The van der Waals surface area contributed by atoms with Crippen LogP contribution in [-0.2, 0) is 0 Å². The van der Waals surface area contributed by atoms with Crippen LogP contribution in [-0.4, -0.2) is 18.3 Å². The number of hydrogen-bond acceptors (Lipinski definition) is 3. The maximum atomic E-state index is 9.49. The van der Waals surface area contributed by atoms with E-state index in [0.717, 1.165) is 11.3 Å². The van der Waals surface area contributed by atoms with Crippen LogP contribution < -0.4 is 9.47 Å². The Morgan fingerprint density at radius 2 is 2.47 bits per heavy atom. The van der Waals surface area contributed by atoms with E-state index in [4.69, 9.17) is 15.9 Å². The lowest BCUT2D eigenvalue weighted by atomic mass is 10.1. The van der Waals surface area contributed by atoms with Crippen molar-refractivity contribution in [3.05, 3.63) is 23.8 Å². The van der Waals surface area contributed by atoms with Crippen LogP contribution in [0, 0.1) is 12.3 Å². The highest BCUT2D eigenvalue weighted by atomic mass is 16.5. The van der Waals surface area contributed by atoms with Crippen LogP contribution in [0.15, 0.2) is 18.2 Å².